The summed E-state index contributed by atoms with van der Waals surface area (Å²) in [6.07, 6.45) is 0.276. The second kappa shape index (κ2) is 10.1. The van der Waals surface area contributed by atoms with Crippen LogP contribution in [-0.4, -0.2) is 55.4 Å². The molecule has 11 nitrogen and oxygen atoms in total. The quantitative estimate of drug-likeness (QED) is 0.376. The van der Waals surface area contributed by atoms with Crippen LogP contribution in [0.2, 0.25) is 5.02 Å². The number of rotatable bonds is 6. The summed E-state index contributed by atoms with van der Waals surface area (Å²) in [4.78, 5) is 42.9. The van der Waals surface area contributed by atoms with Crippen LogP contribution >= 0.6 is 11.6 Å². The third-order valence-corrected chi connectivity index (χ3v) is 8.95. The molecule has 3 aromatic rings. The van der Waals surface area contributed by atoms with Crippen molar-refractivity contribution in [3.8, 4) is 28.7 Å². The largest absolute Gasteiger partial charge is 0.496 e. The summed E-state index contributed by atoms with van der Waals surface area (Å²) in [5.41, 5.74) is -0.407. The molecule has 1 spiro atoms. The number of Topliss-reactive ketones (excluding diaryl/α,β-unsaturated/α-hetero) is 2. The van der Waals surface area contributed by atoms with Gasteiger partial charge in [-0.3, -0.25) is 24.2 Å². The molecule has 0 amide bonds. The van der Waals surface area contributed by atoms with Crippen molar-refractivity contribution in [2.75, 3.05) is 33.8 Å². The summed E-state index contributed by atoms with van der Waals surface area (Å²) in [6, 6.07) is 6.66. The summed E-state index contributed by atoms with van der Waals surface area (Å²) >= 11 is 6.62. The molecule has 3 aliphatic rings. The number of nitrogens with one attached hydrogen (secondary N) is 2. The molecular weight excluding hydrogens is 578 g/mol. The molecule has 0 radical (unpaired) electrons. The van der Waals surface area contributed by atoms with Crippen molar-refractivity contribution in [1.29, 1.82) is 0 Å². The lowest BCUT2D eigenvalue weighted by Gasteiger charge is -2.42. The van der Waals surface area contributed by atoms with Crippen molar-refractivity contribution in [2.45, 2.75) is 44.8 Å². The predicted octanol–water partition coefficient (Wildman–Crippen LogP) is 4.88. The van der Waals surface area contributed by atoms with Gasteiger partial charge in [0.2, 0.25) is 17.2 Å². The number of benzene rings is 2. The average molecular weight is 610 g/mol. The number of ether oxygens (including phenoxy) is 5. The molecule has 3 atom stereocenters. The highest BCUT2D eigenvalue weighted by Crippen LogP contribution is 2.56. The molecule has 2 N–H and O–H groups in total. The van der Waals surface area contributed by atoms with E-state index >= 15 is 0 Å². The Balaban J connectivity index is 1.59. The van der Waals surface area contributed by atoms with Crippen molar-refractivity contribution in [2.24, 2.45) is 5.92 Å². The number of H-pyrrole nitrogens is 1. The zero-order valence-corrected chi connectivity index (χ0v) is 25.6. The third kappa shape index (κ3) is 3.83. The minimum Gasteiger partial charge on any atom is -0.496 e. The lowest BCUT2D eigenvalue weighted by molar-refractivity contribution is -0.130. The van der Waals surface area contributed by atoms with E-state index in [0.29, 0.717) is 34.1 Å². The molecule has 0 saturated heterocycles. The Bertz CT molecular complexity index is 1790. The summed E-state index contributed by atoms with van der Waals surface area (Å²) in [7, 11) is 5.89. The Hall–Kier alpha value is -4.38. The molecule has 0 fully saturated rings. The fourth-order valence-electron chi connectivity index (χ4n) is 6.52. The van der Waals surface area contributed by atoms with Gasteiger partial charge in [-0.25, -0.2) is 0 Å². The van der Waals surface area contributed by atoms with Gasteiger partial charge in [0.1, 0.15) is 27.9 Å². The Labute approximate surface area is 252 Å². The highest BCUT2D eigenvalue weighted by Gasteiger charge is 2.63. The molecule has 3 heterocycles. The number of carbonyl (C=O) groups excluding carboxylic acids is 2. The number of hydrogen-bond acceptors (Lipinski definition) is 9. The van der Waals surface area contributed by atoms with Crippen LogP contribution < -0.4 is 34.6 Å². The van der Waals surface area contributed by atoms with E-state index in [2.05, 4.69) is 10.4 Å². The minimum atomic E-state index is -1.94. The van der Waals surface area contributed by atoms with Gasteiger partial charge in [0, 0.05) is 35.2 Å². The summed E-state index contributed by atoms with van der Waals surface area (Å²) in [6.45, 7) is 5.69. The number of fused-ring (bicyclic) bond motifs is 2. The molecule has 1 aromatic heterocycles. The smallest absolute Gasteiger partial charge is 0.270 e. The fraction of sp³-hybridized carbons (Fsp3) is 0.387. The first-order valence-electron chi connectivity index (χ1n) is 13.8. The lowest BCUT2D eigenvalue weighted by Crippen LogP contribution is -2.58. The van der Waals surface area contributed by atoms with Gasteiger partial charge in [-0.15, -0.1) is 0 Å². The van der Waals surface area contributed by atoms with Crippen molar-refractivity contribution in [1.82, 2.24) is 9.78 Å². The van der Waals surface area contributed by atoms with Crippen molar-refractivity contribution in [3.05, 3.63) is 67.6 Å². The van der Waals surface area contributed by atoms with Crippen LogP contribution in [0.5, 0.6) is 28.7 Å². The number of aromatic nitrogens is 2. The summed E-state index contributed by atoms with van der Waals surface area (Å²) < 4.78 is 30.0. The summed E-state index contributed by atoms with van der Waals surface area (Å²) in [5, 5.41) is 6.36. The Kier molecular flexibility index (Phi) is 6.76. The number of allylic oxidation sites excluding steroid dienone is 1. The maximum atomic E-state index is 14.9. The molecule has 226 valence electrons. The van der Waals surface area contributed by atoms with E-state index in [1.165, 1.54) is 34.5 Å². The van der Waals surface area contributed by atoms with E-state index in [0.717, 1.165) is 0 Å². The fourth-order valence-corrected chi connectivity index (χ4v) is 6.78. The topological polar surface area (TPSA) is 130 Å². The van der Waals surface area contributed by atoms with E-state index in [1.807, 2.05) is 13.8 Å². The van der Waals surface area contributed by atoms with Crippen molar-refractivity contribution >= 4 is 29.0 Å². The average Bonchev–Trinajstić information content (AvgIpc) is 3.50. The number of ketones is 2. The maximum Gasteiger partial charge on any atom is 0.270 e. The number of aromatic amines is 1. The number of halogens is 1. The number of hydrogen-bond donors (Lipinski definition) is 2. The second-order valence-electron chi connectivity index (χ2n) is 11.1. The van der Waals surface area contributed by atoms with Gasteiger partial charge >= 0.3 is 0 Å². The molecule has 2 aromatic carbocycles. The monoisotopic (exact) mass is 609 g/mol. The number of carbonyl (C=O) groups is 2. The van der Waals surface area contributed by atoms with Crippen LogP contribution in [0.1, 0.15) is 60.6 Å². The molecule has 0 bridgehead atoms. The van der Waals surface area contributed by atoms with Gasteiger partial charge < -0.3 is 29.0 Å². The molecule has 0 saturated carbocycles. The molecule has 3 unspecified atom stereocenters. The normalized spacial score (nSPS) is 22.2. The van der Waals surface area contributed by atoms with Crippen LogP contribution in [0, 0.1) is 5.92 Å². The molecule has 1 aliphatic carbocycles. The van der Waals surface area contributed by atoms with Gasteiger partial charge in [-0.1, -0.05) is 24.6 Å². The molecular formula is C31H32ClN3O8. The van der Waals surface area contributed by atoms with Crippen LogP contribution in [0.25, 0.3) is 0 Å². The van der Waals surface area contributed by atoms with Crippen LogP contribution in [-0.2, 0) is 4.79 Å². The first-order chi connectivity index (χ1) is 20.5. The molecule has 43 heavy (non-hydrogen) atoms. The number of methoxy groups -OCH3 is 4. The first kappa shape index (κ1) is 28.7. The number of nitrogens with zero attached hydrogens (tertiary/aromatic N) is 1. The lowest BCUT2D eigenvalue weighted by atomic mass is 9.66. The number of anilines is 1. The molecule has 12 heteroatoms. The van der Waals surface area contributed by atoms with E-state index < -0.39 is 29.0 Å². The van der Waals surface area contributed by atoms with Crippen LogP contribution in [0.3, 0.4) is 0 Å². The van der Waals surface area contributed by atoms with E-state index in [1.54, 1.807) is 29.8 Å². The standard InChI is InChI=1S/C31H32ClN3O8/c1-13(2)35-29-24(30(38)34-35)21(15-8-9-17(39-4)18(11-15)40-5)22-16(33-29)10-14(3)31(27(22)36)28(37)23-19(41-6)12-20(42-7)25(32)26(23)43-31/h8-9,11-14,21,33H,10H2,1-7H3,(H,34,38). The SMILES string of the molecule is COc1ccc(C2C3=C(CC(C)C4(Oc5c(Cl)c(OC)cc(OC)c5C4=O)C3=O)Nc3c2c(=O)[nH]n3C(C)C)cc1OC. The van der Waals surface area contributed by atoms with Crippen molar-refractivity contribution in [3.63, 3.8) is 0 Å². The van der Waals surface area contributed by atoms with E-state index in [4.69, 9.17) is 35.3 Å². The Morgan fingerprint density at radius 2 is 1.63 bits per heavy atom. The van der Waals surface area contributed by atoms with Gasteiger partial charge in [0.15, 0.2) is 17.2 Å². The van der Waals surface area contributed by atoms with Gasteiger partial charge in [0.25, 0.3) is 5.56 Å². The van der Waals surface area contributed by atoms with Crippen LogP contribution in [0.4, 0.5) is 5.82 Å². The van der Waals surface area contributed by atoms with E-state index in [9.17, 15) is 14.4 Å². The Morgan fingerprint density at radius 3 is 2.26 bits per heavy atom. The summed E-state index contributed by atoms with van der Waals surface area (Å²) in [5.74, 6) is -0.638. The van der Waals surface area contributed by atoms with Gasteiger partial charge in [-0.05, 0) is 38.0 Å². The second-order valence-corrected chi connectivity index (χ2v) is 11.5. The Morgan fingerprint density at radius 1 is 0.953 bits per heavy atom. The highest BCUT2D eigenvalue weighted by molar-refractivity contribution is 6.36. The minimum absolute atomic E-state index is 0.0306. The maximum absolute atomic E-state index is 14.9. The van der Waals surface area contributed by atoms with Crippen molar-refractivity contribution < 1.29 is 33.3 Å². The first-order valence-corrected chi connectivity index (χ1v) is 14.2. The molecule has 2 aliphatic heterocycles. The van der Waals surface area contributed by atoms with Gasteiger partial charge in [0.05, 0.1) is 34.0 Å². The predicted molar refractivity (Wildman–Crippen MR) is 159 cm³/mol. The zero-order chi connectivity index (χ0) is 31.0. The van der Waals surface area contributed by atoms with Crippen LogP contribution in [0.15, 0.2) is 40.3 Å². The molecule has 6 rings (SSSR count). The highest BCUT2D eigenvalue weighted by atomic mass is 35.5. The van der Waals surface area contributed by atoms with Gasteiger partial charge in [-0.2, -0.15) is 0 Å². The third-order valence-electron chi connectivity index (χ3n) is 8.60. The van der Waals surface area contributed by atoms with E-state index in [-0.39, 0.29) is 51.4 Å². The zero-order valence-electron chi connectivity index (χ0n) is 24.8.